The van der Waals surface area contributed by atoms with Crippen molar-refractivity contribution in [2.75, 3.05) is 13.1 Å². The number of nitro benzene ring substituents is 1. The number of nitrogens with zero attached hydrogens (tertiary/aromatic N) is 4. The molecule has 1 N–H and O–H groups in total. The second-order valence-electron chi connectivity index (χ2n) is 7.47. The van der Waals surface area contributed by atoms with Gasteiger partial charge in [0.15, 0.2) is 0 Å². The summed E-state index contributed by atoms with van der Waals surface area (Å²) >= 11 is 0. The molecule has 0 radical (unpaired) electrons. The summed E-state index contributed by atoms with van der Waals surface area (Å²) in [6, 6.07) is 11.7. The number of aliphatic hydroxyl groups is 1. The van der Waals surface area contributed by atoms with Gasteiger partial charge in [-0.1, -0.05) is 31.1 Å². The van der Waals surface area contributed by atoms with Crippen LogP contribution in [0.3, 0.4) is 0 Å². The molecule has 1 aromatic heterocycles. The summed E-state index contributed by atoms with van der Waals surface area (Å²) in [7, 11) is 0. The summed E-state index contributed by atoms with van der Waals surface area (Å²) in [5.74, 6) is 0.691. The predicted molar refractivity (Wildman–Crippen MR) is 108 cm³/mol. The van der Waals surface area contributed by atoms with E-state index in [4.69, 9.17) is 4.52 Å². The number of nitro groups is 1. The molecule has 0 amide bonds. The van der Waals surface area contributed by atoms with Crippen molar-refractivity contribution in [1.82, 2.24) is 15.0 Å². The molecule has 0 saturated heterocycles. The van der Waals surface area contributed by atoms with Gasteiger partial charge in [-0.05, 0) is 35.7 Å². The van der Waals surface area contributed by atoms with E-state index in [0.29, 0.717) is 48.4 Å². The molecule has 1 atom stereocenters. The zero-order valence-electron chi connectivity index (χ0n) is 16.7. The van der Waals surface area contributed by atoms with Crippen LogP contribution in [0.2, 0.25) is 0 Å². The molecule has 0 bridgehead atoms. The van der Waals surface area contributed by atoms with Crippen molar-refractivity contribution in [3.05, 3.63) is 75.9 Å². The molecule has 30 heavy (non-hydrogen) atoms. The van der Waals surface area contributed by atoms with Gasteiger partial charge in [0.25, 0.3) is 5.69 Å². The number of aliphatic hydroxyl groups excluding tert-OH is 1. The first-order chi connectivity index (χ1) is 14.3. The lowest BCUT2D eigenvalue weighted by molar-refractivity contribution is -0.384. The van der Waals surface area contributed by atoms with Crippen molar-refractivity contribution in [1.29, 1.82) is 0 Å². The summed E-state index contributed by atoms with van der Waals surface area (Å²) in [4.78, 5) is 16.7. The van der Waals surface area contributed by atoms with Crippen LogP contribution in [0.4, 0.5) is 10.1 Å². The molecule has 8 nitrogen and oxygen atoms in total. The van der Waals surface area contributed by atoms with Crippen LogP contribution in [0.25, 0.3) is 11.4 Å². The summed E-state index contributed by atoms with van der Waals surface area (Å²) in [5.41, 5.74) is 1.22. The summed E-state index contributed by atoms with van der Waals surface area (Å²) < 4.78 is 18.5. The number of aromatic nitrogens is 2. The Morgan fingerprint density at radius 2 is 1.80 bits per heavy atom. The third-order valence-electron chi connectivity index (χ3n) is 4.47. The molecular formula is C21H23FN4O4. The van der Waals surface area contributed by atoms with Crippen molar-refractivity contribution < 1.29 is 18.9 Å². The Labute approximate surface area is 173 Å². The second-order valence-corrected chi connectivity index (χ2v) is 7.47. The van der Waals surface area contributed by atoms with Crippen LogP contribution in [0.5, 0.6) is 0 Å². The lowest BCUT2D eigenvalue weighted by Gasteiger charge is -2.25. The highest BCUT2D eigenvalue weighted by molar-refractivity contribution is 5.56. The maximum absolute atomic E-state index is 13.1. The molecule has 0 saturated carbocycles. The minimum absolute atomic E-state index is 0.0136. The maximum atomic E-state index is 13.1. The van der Waals surface area contributed by atoms with E-state index in [9.17, 15) is 19.6 Å². The van der Waals surface area contributed by atoms with Crippen LogP contribution in [0.1, 0.15) is 31.4 Å². The van der Waals surface area contributed by atoms with E-state index in [0.717, 1.165) is 0 Å². The summed E-state index contributed by atoms with van der Waals surface area (Å²) in [6.45, 7) is 5.46. The van der Waals surface area contributed by atoms with Crippen LogP contribution >= 0.6 is 0 Å². The van der Waals surface area contributed by atoms with E-state index >= 15 is 0 Å². The van der Waals surface area contributed by atoms with Crippen LogP contribution in [0.15, 0.2) is 53.1 Å². The van der Waals surface area contributed by atoms with Crippen LogP contribution < -0.4 is 0 Å². The van der Waals surface area contributed by atoms with Gasteiger partial charge in [-0.2, -0.15) is 4.98 Å². The van der Waals surface area contributed by atoms with Gasteiger partial charge in [0.1, 0.15) is 5.82 Å². The molecule has 158 valence electrons. The van der Waals surface area contributed by atoms with Gasteiger partial charge in [-0.25, -0.2) is 4.39 Å². The van der Waals surface area contributed by atoms with Gasteiger partial charge >= 0.3 is 0 Å². The molecular weight excluding hydrogens is 391 g/mol. The van der Waals surface area contributed by atoms with Gasteiger partial charge in [0.2, 0.25) is 11.7 Å². The molecule has 0 fully saturated rings. The highest BCUT2D eigenvalue weighted by atomic mass is 19.1. The first-order valence-electron chi connectivity index (χ1n) is 9.55. The minimum atomic E-state index is -0.790. The monoisotopic (exact) mass is 414 g/mol. The topological polar surface area (TPSA) is 106 Å². The van der Waals surface area contributed by atoms with E-state index < -0.39 is 11.0 Å². The van der Waals surface area contributed by atoms with Gasteiger partial charge in [0, 0.05) is 30.8 Å². The SMILES string of the molecule is CC(C)CN(Cc1nc(-c2ccc([N+](=O)[O-])cc2)no1)CC(O)c1ccc(F)cc1. The fraction of sp³-hybridized carbons (Fsp3) is 0.333. The Morgan fingerprint density at radius 1 is 1.13 bits per heavy atom. The average Bonchev–Trinajstić information content (AvgIpc) is 3.16. The molecule has 3 rings (SSSR count). The van der Waals surface area contributed by atoms with Gasteiger partial charge in [-0.3, -0.25) is 15.0 Å². The van der Waals surface area contributed by atoms with E-state index in [-0.39, 0.29) is 11.5 Å². The molecule has 1 unspecified atom stereocenters. The quantitative estimate of drug-likeness (QED) is 0.417. The Balaban J connectivity index is 1.70. The van der Waals surface area contributed by atoms with E-state index in [2.05, 4.69) is 24.0 Å². The van der Waals surface area contributed by atoms with E-state index in [1.807, 2.05) is 4.90 Å². The van der Waals surface area contributed by atoms with Crippen molar-refractivity contribution in [3.63, 3.8) is 0 Å². The van der Waals surface area contributed by atoms with Gasteiger partial charge < -0.3 is 9.63 Å². The summed E-state index contributed by atoms with van der Waals surface area (Å²) in [6.07, 6.45) is -0.790. The number of hydrogen-bond donors (Lipinski definition) is 1. The highest BCUT2D eigenvalue weighted by Gasteiger charge is 2.19. The van der Waals surface area contributed by atoms with E-state index in [1.165, 1.54) is 24.3 Å². The average molecular weight is 414 g/mol. The minimum Gasteiger partial charge on any atom is -0.387 e. The largest absolute Gasteiger partial charge is 0.387 e. The lowest BCUT2D eigenvalue weighted by atomic mass is 10.1. The number of rotatable bonds is 9. The van der Waals surface area contributed by atoms with Crippen molar-refractivity contribution in [3.8, 4) is 11.4 Å². The molecule has 0 aliphatic carbocycles. The van der Waals surface area contributed by atoms with Crippen LogP contribution in [-0.4, -0.2) is 38.2 Å². The Kier molecular flexibility index (Phi) is 6.86. The molecule has 0 aliphatic heterocycles. The van der Waals surface area contributed by atoms with Crippen LogP contribution in [-0.2, 0) is 6.54 Å². The first kappa shape index (κ1) is 21.5. The maximum Gasteiger partial charge on any atom is 0.269 e. The standard InChI is InChI=1S/C21H23FN4O4/c1-14(2)11-25(12-19(27)15-3-7-17(22)8-4-15)13-20-23-21(24-30-20)16-5-9-18(10-6-16)26(28)29/h3-10,14,19,27H,11-13H2,1-2H3. The predicted octanol–water partition coefficient (Wildman–Crippen LogP) is 3.98. The Morgan fingerprint density at radius 3 is 2.40 bits per heavy atom. The molecule has 9 heteroatoms. The summed E-state index contributed by atoms with van der Waals surface area (Å²) in [5, 5.41) is 25.3. The third-order valence-corrected chi connectivity index (χ3v) is 4.47. The smallest absolute Gasteiger partial charge is 0.269 e. The Hall–Kier alpha value is -3.17. The number of hydrogen-bond acceptors (Lipinski definition) is 7. The zero-order chi connectivity index (χ0) is 21.7. The molecule has 2 aromatic carbocycles. The Bertz CT molecular complexity index is 973. The van der Waals surface area contributed by atoms with Crippen molar-refractivity contribution in [2.24, 2.45) is 5.92 Å². The zero-order valence-corrected chi connectivity index (χ0v) is 16.7. The normalized spacial score (nSPS) is 12.5. The molecule has 0 spiro atoms. The van der Waals surface area contributed by atoms with Gasteiger partial charge in [0.05, 0.1) is 17.6 Å². The number of non-ortho nitro benzene ring substituents is 1. The van der Waals surface area contributed by atoms with Crippen molar-refractivity contribution >= 4 is 5.69 Å². The molecule has 3 aromatic rings. The molecule has 0 aliphatic rings. The number of halogens is 1. The fourth-order valence-electron chi connectivity index (χ4n) is 3.11. The van der Waals surface area contributed by atoms with E-state index in [1.54, 1.807) is 24.3 Å². The molecule has 1 heterocycles. The lowest BCUT2D eigenvalue weighted by Crippen LogP contribution is -2.31. The third kappa shape index (κ3) is 5.68. The second kappa shape index (κ2) is 9.55. The van der Waals surface area contributed by atoms with Crippen molar-refractivity contribution in [2.45, 2.75) is 26.5 Å². The fourth-order valence-corrected chi connectivity index (χ4v) is 3.11. The van der Waals surface area contributed by atoms with Crippen LogP contribution in [0, 0.1) is 21.8 Å². The first-order valence-corrected chi connectivity index (χ1v) is 9.55. The van der Waals surface area contributed by atoms with Gasteiger partial charge in [-0.15, -0.1) is 0 Å². The highest BCUT2D eigenvalue weighted by Crippen LogP contribution is 2.21. The number of benzene rings is 2.